The van der Waals surface area contributed by atoms with E-state index < -0.39 is 11.9 Å². The molecule has 30 heavy (non-hydrogen) atoms. The van der Waals surface area contributed by atoms with E-state index in [1.54, 1.807) is 43.6 Å². The third-order valence-electron chi connectivity index (χ3n) is 4.20. The van der Waals surface area contributed by atoms with Crippen LogP contribution in [0.5, 0.6) is 11.5 Å². The van der Waals surface area contributed by atoms with Gasteiger partial charge < -0.3 is 31.2 Å². The number of benzene rings is 2. The van der Waals surface area contributed by atoms with Gasteiger partial charge in [0.2, 0.25) is 0 Å². The first kappa shape index (κ1) is 20.5. The van der Waals surface area contributed by atoms with Gasteiger partial charge in [0, 0.05) is 24.5 Å². The molecule has 6 N–H and O–H groups in total. The van der Waals surface area contributed by atoms with E-state index in [9.17, 15) is 9.59 Å². The zero-order valence-corrected chi connectivity index (χ0v) is 16.5. The van der Waals surface area contributed by atoms with Gasteiger partial charge in [-0.1, -0.05) is 12.1 Å². The second kappa shape index (κ2) is 9.32. The van der Waals surface area contributed by atoms with E-state index in [0.29, 0.717) is 35.1 Å². The summed E-state index contributed by atoms with van der Waals surface area (Å²) in [7, 11) is 3.06. The van der Waals surface area contributed by atoms with Crippen LogP contribution in [-0.4, -0.2) is 36.4 Å². The van der Waals surface area contributed by atoms with E-state index in [4.69, 9.17) is 15.2 Å². The number of ether oxygens (including phenoxy) is 2. The molecule has 3 aromatic rings. The van der Waals surface area contributed by atoms with Crippen molar-refractivity contribution in [1.29, 1.82) is 0 Å². The van der Waals surface area contributed by atoms with Crippen molar-refractivity contribution >= 4 is 29.0 Å². The second-order valence-corrected chi connectivity index (χ2v) is 6.21. The molecule has 0 bridgehead atoms. The quantitative estimate of drug-likeness (QED) is 0.386. The van der Waals surface area contributed by atoms with Gasteiger partial charge in [-0.3, -0.25) is 9.89 Å². The number of hydrogen-bond donors (Lipinski definition) is 5. The highest BCUT2D eigenvalue weighted by molar-refractivity contribution is 6.01. The van der Waals surface area contributed by atoms with E-state index >= 15 is 0 Å². The first-order valence-corrected chi connectivity index (χ1v) is 8.96. The zero-order chi connectivity index (χ0) is 21.5. The summed E-state index contributed by atoms with van der Waals surface area (Å²) >= 11 is 0. The summed E-state index contributed by atoms with van der Waals surface area (Å²) < 4.78 is 10.4. The van der Waals surface area contributed by atoms with Crippen LogP contribution in [-0.2, 0) is 6.54 Å². The Morgan fingerprint density at radius 2 is 1.90 bits per heavy atom. The molecule has 0 aliphatic heterocycles. The Morgan fingerprint density at radius 1 is 1.07 bits per heavy atom. The van der Waals surface area contributed by atoms with Crippen LogP contribution in [0.1, 0.15) is 16.1 Å². The second-order valence-electron chi connectivity index (χ2n) is 6.21. The molecule has 3 rings (SSSR count). The van der Waals surface area contributed by atoms with E-state index in [0.717, 1.165) is 5.56 Å². The van der Waals surface area contributed by atoms with Crippen molar-refractivity contribution < 1.29 is 19.1 Å². The molecular formula is C20H22N6O4. The van der Waals surface area contributed by atoms with Crippen molar-refractivity contribution in [3.8, 4) is 11.5 Å². The van der Waals surface area contributed by atoms with Crippen LogP contribution in [0.4, 0.5) is 21.9 Å². The number of hydrogen-bond acceptors (Lipinski definition) is 6. The van der Waals surface area contributed by atoms with Gasteiger partial charge in [0.15, 0.2) is 5.69 Å². The molecule has 10 heteroatoms. The number of carbonyl (C=O) groups excluding carboxylic acids is 2. The average molecular weight is 410 g/mol. The fourth-order valence-electron chi connectivity index (χ4n) is 2.77. The van der Waals surface area contributed by atoms with Gasteiger partial charge >= 0.3 is 6.03 Å². The molecule has 156 valence electrons. The Bertz CT molecular complexity index is 1050. The number of primary amides is 1. The lowest BCUT2D eigenvalue weighted by molar-refractivity contribution is 0.0996. The number of nitrogens with one attached hydrogen (secondary N) is 4. The fourth-order valence-corrected chi connectivity index (χ4v) is 2.77. The summed E-state index contributed by atoms with van der Waals surface area (Å²) in [6, 6.07) is 11.9. The highest BCUT2D eigenvalue weighted by Gasteiger charge is 2.12. The van der Waals surface area contributed by atoms with Crippen LogP contribution >= 0.6 is 0 Å². The molecule has 1 aromatic heterocycles. The van der Waals surface area contributed by atoms with Crippen molar-refractivity contribution in [2.24, 2.45) is 5.73 Å². The summed E-state index contributed by atoms with van der Waals surface area (Å²) in [5.41, 5.74) is 7.86. The van der Waals surface area contributed by atoms with Gasteiger partial charge in [0.1, 0.15) is 11.5 Å². The van der Waals surface area contributed by atoms with Gasteiger partial charge in [0.25, 0.3) is 5.91 Å². The van der Waals surface area contributed by atoms with E-state index in [1.807, 2.05) is 12.1 Å². The van der Waals surface area contributed by atoms with Crippen LogP contribution in [0, 0.1) is 0 Å². The topological polar surface area (TPSA) is 143 Å². The molecule has 0 radical (unpaired) electrons. The summed E-state index contributed by atoms with van der Waals surface area (Å²) in [5.74, 6) is 0.474. The van der Waals surface area contributed by atoms with Crippen LogP contribution < -0.4 is 31.2 Å². The number of carbonyl (C=O) groups is 2. The molecule has 0 saturated carbocycles. The van der Waals surface area contributed by atoms with Gasteiger partial charge in [-0.25, -0.2) is 4.79 Å². The van der Waals surface area contributed by atoms with Gasteiger partial charge in [0.05, 0.1) is 25.6 Å². The number of methoxy groups -OCH3 is 2. The van der Waals surface area contributed by atoms with Crippen LogP contribution in [0.15, 0.2) is 48.7 Å². The molecule has 1 heterocycles. The van der Waals surface area contributed by atoms with Crippen molar-refractivity contribution in [1.82, 2.24) is 10.2 Å². The minimum absolute atomic E-state index is 0.135. The molecular weight excluding hydrogens is 388 g/mol. The molecule has 10 nitrogen and oxygen atoms in total. The largest absolute Gasteiger partial charge is 0.497 e. The molecule has 2 aromatic carbocycles. The fraction of sp³-hybridized carbons (Fsp3) is 0.150. The number of urea groups is 1. The molecule has 0 atom stereocenters. The SMILES string of the molecule is COc1ccc(OC)c(NC(=O)Nc2cccc(CNc3c[nH]nc3C(N)=O)c2)c1. The smallest absolute Gasteiger partial charge is 0.323 e. The Morgan fingerprint density at radius 3 is 2.63 bits per heavy atom. The minimum Gasteiger partial charge on any atom is -0.497 e. The third kappa shape index (κ3) is 4.98. The predicted molar refractivity (Wildman–Crippen MR) is 113 cm³/mol. The van der Waals surface area contributed by atoms with Gasteiger partial charge in [-0.15, -0.1) is 0 Å². The van der Waals surface area contributed by atoms with Crippen molar-refractivity contribution in [3.05, 3.63) is 59.9 Å². The Kier molecular flexibility index (Phi) is 6.38. The van der Waals surface area contributed by atoms with Crippen LogP contribution in [0.25, 0.3) is 0 Å². The summed E-state index contributed by atoms with van der Waals surface area (Å²) in [6.07, 6.45) is 1.55. The van der Waals surface area contributed by atoms with Gasteiger partial charge in [-0.05, 0) is 29.8 Å². The van der Waals surface area contributed by atoms with Crippen molar-refractivity contribution in [2.75, 3.05) is 30.2 Å². The van der Waals surface area contributed by atoms with E-state index in [1.165, 1.54) is 7.11 Å². The normalized spacial score (nSPS) is 10.2. The summed E-state index contributed by atoms with van der Waals surface area (Å²) in [4.78, 5) is 23.8. The monoisotopic (exact) mass is 410 g/mol. The summed E-state index contributed by atoms with van der Waals surface area (Å²) in [6.45, 7) is 0.403. The number of H-pyrrole nitrogens is 1. The van der Waals surface area contributed by atoms with Gasteiger partial charge in [-0.2, -0.15) is 5.10 Å². The zero-order valence-electron chi connectivity index (χ0n) is 16.5. The lowest BCUT2D eigenvalue weighted by Gasteiger charge is -2.13. The van der Waals surface area contributed by atoms with E-state index in [2.05, 4.69) is 26.1 Å². The molecule has 0 saturated heterocycles. The number of anilines is 3. The Hall–Kier alpha value is -4.21. The first-order chi connectivity index (χ1) is 14.5. The maximum absolute atomic E-state index is 12.4. The number of aromatic nitrogens is 2. The average Bonchev–Trinajstić information content (AvgIpc) is 3.21. The van der Waals surface area contributed by atoms with Crippen LogP contribution in [0.2, 0.25) is 0 Å². The third-order valence-corrected chi connectivity index (χ3v) is 4.20. The molecule has 0 spiro atoms. The summed E-state index contributed by atoms with van der Waals surface area (Å²) in [5, 5.41) is 15.0. The molecule has 0 aliphatic carbocycles. The molecule has 3 amide bonds. The maximum atomic E-state index is 12.4. The Balaban J connectivity index is 1.64. The Labute approximate surface area is 172 Å². The molecule has 0 unspecified atom stereocenters. The number of rotatable bonds is 8. The predicted octanol–water partition coefficient (Wildman–Crippen LogP) is 2.78. The van der Waals surface area contributed by atoms with Crippen molar-refractivity contribution in [3.63, 3.8) is 0 Å². The van der Waals surface area contributed by atoms with Crippen LogP contribution in [0.3, 0.4) is 0 Å². The highest BCUT2D eigenvalue weighted by atomic mass is 16.5. The maximum Gasteiger partial charge on any atom is 0.323 e. The van der Waals surface area contributed by atoms with E-state index in [-0.39, 0.29) is 5.69 Å². The highest BCUT2D eigenvalue weighted by Crippen LogP contribution is 2.29. The number of nitrogens with zero attached hydrogens (tertiary/aromatic N) is 1. The standard InChI is InChI=1S/C20H22N6O4/c1-29-14-6-7-17(30-2)15(9-14)25-20(28)24-13-5-3-4-12(8-13)10-22-16-11-23-26-18(16)19(21)27/h3-9,11,22H,10H2,1-2H3,(H2,21,27)(H,23,26)(H2,24,25,28). The minimum atomic E-state index is -0.626. The lowest BCUT2D eigenvalue weighted by atomic mass is 10.2. The number of amides is 3. The number of nitrogens with two attached hydrogens (primary N) is 1. The molecule has 0 fully saturated rings. The number of aromatic amines is 1. The van der Waals surface area contributed by atoms with Crippen molar-refractivity contribution in [2.45, 2.75) is 6.54 Å². The lowest BCUT2D eigenvalue weighted by Crippen LogP contribution is -2.20. The first-order valence-electron chi connectivity index (χ1n) is 8.96. The molecule has 0 aliphatic rings.